The lowest BCUT2D eigenvalue weighted by Crippen LogP contribution is -2.30. The average molecular weight is 398 g/mol. The molecular weight excluding hydrogens is 378 g/mol. The predicted octanol–water partition coefficient (Wildman–Crippen LogP) is 3.89. The van der Waals surface area contributed by atoms with Crippen molar-refractivity contribution in [3.05, 3.63) is 63.2 Å². The molecule has 2 aromatic rings. The number of anilines is 1. The molecule has 0 amide bonds. The van der Waals surface area contributed by atoms with Gasteiger partial charge in [0.1, 0.15) is 5.69 Å². The first-order valence-corrected chi connectivity index (χ1v) is 9.88. The Bertz CT molecular complexity index is 881. The SMILES string of the molecule is CCN(CC)S(=O)(=O)c1ccc(CNc2ccc(Cl)cc2[N+](=O)[O-])cc1. The maximum atomic E-state index is 12.5. The molecule has 2 aromatic carbocycles. The van der Waals surface area contributed by atoms with Crippen LogP contribution in [0.2, 0.25) is 5.02 Å². The van der Waals surface area contributed by atoms with Crippen LogP contribution in [0.25, 0.3) is 0 Å². The molecule has 0 aliphatic rings. The lowest BCUT2D eigenvalue weighted by atomic mass is 10.2. The molecule has 7 nitrogen and oxygen atoms in total. The highest BCUT2D eigenvalue weighted by atomic mass is 35.5. The van der Waals surface area contributed by atoms with Crippen LogP contribution in [0.15, 0.2) is 47.4 Å². The lowest BCUT2D eigenvalue weighted by Gasteiger charge is -2.18. The van der Waals surface area contributed by atoms with Crippen molar-refractivity contribution in [3.8, 4) is 0 Å². The third kappa shape index (κ3) is 4.51. The highest BCUT2D eigenvalue weighted by molar-refractivity contribution is 7.89. The highest BCUT2D eigenvalue weighted by Crippen LogP contribution is 2.28. The maximum absolute atomic E-state index is 12.5. The minimum atomic E-state index is -3.50. The molecule has 0 heterocycles. The predicted molar refractivity (Wildman–Crippen MR) is 102 cm³/mol. The third-order valence-electron chi connectivity index (χ3n) is 3.91. The zero-order valence-corrected chi connectivity index (χ0v) is 16.0. The second-order valence-corrected chi connectivity index (χ2v) is 7.88. The molecule has 0 saturated heterocycles. The summed E-state index contributed by atoms with van der Waals surface area (Å²) in [6.07, 6.45) is 0. The minimum absolute atomic E-state index is 0.113. The number of halogens is 1. The van der Waals surface area contributed by atoms with Crippen molar-refractivity contribution in [3.63, 3.8) is 0 Å². The summed E-state index contributed by atoms with van der Waals surface area (Å²) in [5.41, 5.74) is 1.03. The van der Waals surface area contributed by atoms with E-state index in [1.54, 1.807) is 50.2 Å². The van der Waals surface area contributed by atoms with Gasteiger partial charge in [-0.3, -0.25) is 10.1 Å². The van der Waals surface area contributed by atoms with E-state index in [-0.39, 0.29) is 15.6 Å². The fourth-order valence-electron chi connectivity index (χ4n) is 2.49. The summed E-state index contributed by atoms with van der Waals surface area (Å²) in [6.45, 7) is 4.70. The van der Waals surface area contributed by atoms with Crippen LogP contribution in [-0.4, -0.2) is 30.7 Å². The molecule has 0 unspecified atom stereocenters. The van der Waals surface area contributed by atoms with Gasteiger partial charge in [-0.2, -0.15) is 4.31 Å². The molecule has 0 atom stereocenters. The van der Waals surface area contributed by atoms with Crippen molar-refractivity contribution in [1.29, 1.82) is 0 Å². The second-order valence-electron chi connectivity index (χ2n) is 5.51. The molecule has 1 N–H and O–H groups in total. The summed E-state index contributed by atoms with van der Waals surface area (Å²) in [7, 11) is -3.50. The van der Waals surface area contributed by atoms with Crippen LogP contribution >= 0.6 is 11.6 Å². The van der Waals surface area contributed by atoms with E-state index < -0.39 is 14.9 Å². The van der Waals surface area contributed by atoms with Crippen molar-refractivity contribution in [2.24, 2.45) is 0 Å². The van der Waals surface area contributed by atoms with E-state index in [1.165, 1.54) is 10.4 Å². The number of benzene rings is 2. The van der Waals surface area contributed by atoms with Crippen molar-refractivity contribution in [2.45, 2.75) is 25.3 Å². The molecule has 0 saturated carbocycles. The van der Waals surface area contributed by atoms with Gasteiger partial charge in [0.05, 0.1) is 9.82 Å². The zero-order chi connectivity index (χ0) is 19.3. The van der Waals surface area contributed by atoms with E-state index in [0.29, 0.717) is 25.3 Å². The fraction of sp³-hybridized carbons (Fsp3) is 0.294. The molecule has 0 aliphatic heterocycles. The summed E-state index contributed by atoms with van der Waals surface area (Å²) >= 11 is 5.79. The van der Waals surface area contributed by atoms with Crippen LogP contribution in [0.1, 0.15) is 19.4 Å². The quantitative estimate of drug-likeness (QED) is 0.538. The van der Waals surface area contributed by atoms with E-state index in [4.69, 9.17) is 11.6 Å². The van der Waals surface area contributed by atoms with Gasteiger partial charge in [0, 0.05) is 30.7 Å². The van der Waals surface area contributed by atoms with Crippen LogP contribution in [0.4, 0.5) is 11.4 Å². The topological polar surface area (TPSA) is 92.6 Å². The lowest BCUT2D eigenvalue weighted by molar-refractivity contribution is -0.383. The molecule has 26 heavy (non-hydrogen) atoms. The average Bonchev–Trinajstić information content (AvgIpc) is 2.61. The van der Waals surface area contributed by atoms with Crippen LogP contribution < -0.4 is 5.32 Å². The fourth-order valence-corrected chi connectivity index (χ4v) is 4.12. The number of nitrogens with zero attached hydrogens (tertiary/aromatic N) is 2. The summed E-state index contributed by atoms with van der Waals surface area (Å²) in [4.78, 5) is 10.8. The Balaban J connectivity index is 2.15. The van der Waals surface area contributed by atoms with Gasteiger partial charge < -0.3 is 5.32 Å². The number of hydrogen-bond donors (Lipinski definition) is 1. The summed E-state index contributed by atoms with van der Waals surface area (Å²) in [5.74, 6) is 0. The van der Waals surface area contributed by atoms with Gasteiger partial charge in [-0.05, 0) is 29.8 Å². The van der Waals surface area contributed by atoms with Gasteiger partial charge >= 0.3 is 0 Å². The number of sulfonamides is 1. The largest absolute Gasteiger partial charge is 0.375 e. The van der Waals surface area contributed by atoms with E-state index in [9.17, 15) is 18.5 Å². The summed E-state index contributed by atoms with van der Waals surface area (Å²) < 4.78 is 26.3. The standard InChI is InChI=1S/C17H20ClN3O4S/c1-3-20(4-2)26(24,25)15-8-5-13(6-9-15)12-19-16-10-7-14(18)11-17(16)21(22)23/h5-11,19H,3-4,12H2,1-2H3. The van der Waals surface area contributed by atoms with Crippen molar-refractivity contribution in [2.75, 3.05) is 18.4 Å². The monoisotopic (exact) mass is 397 g/mol. The van der Waals surface area contributed by atoms with E-state index >= 15 is 0 Å². The van der Waals surface area contributed by atoms with Crippen LogP contribution in [0, 0.1) is 10.1 Å². The first kappa shape index (κ1) is 20.2. The van der Waals surface area contributed by atoms with E-state index in [0.717, 1.165) is 5.56 Å². The smallest absolute Gasteiger partial charge is 0.293 e. The Labute approximate surface area is 157 Å². The Morgan fingerprint density at radius 1 is 1.12 bits per heavy atom. The van der Waals surface area contributed by atoms with E-state index in [2.05, 4.69) is 5.32 Å². The molecule has 2 rings (SSSR count). The number of hydrogen-bond acceptors (Lipinski definition) is 5. The van der Waals surface area contributed by atoms with Gasteiger partial charge in [0.25, 0.3) is 5.69 Å². The summed E-state index contributed by atoms with van der Waals surface area (Å²) in [5, 5.41) is 14.4. The van der Waals surface area contributed by atoms with Gasteiger partial charge in [0.2, 0.25) is 10.0 Å². The number of nitro groups is 1. The molecule has 0 aromatic heterocycles. The Morgan fingerprint density at radius 2 is 1.73 bits per heavy atom. The normalized spacial score (nSPS) is 11.5. The second kappa shape index (κ2) is 8.48. The van der Waals surface area contributed by atoms with E-state index in [1.807, 2.05) is 0 Å². The van der Waals surface area contributed by atoms with Crippen molar-refractivity contribution < 1.29 is 13.3 Å². The molecule has 9 heteroatoms. The van der Waals surface area contributed by atoms with Crippen LogP contribution in [-0.2, 0) is 16.6 Å². The molecule has 140 valence electrons. The Hall–Kier alpha value is -2.16. The zero-order valence-electron chi connectivity index (χ0n) is 14.5. The first-order chi connectivity index (χ1) is 12.3. The molecule has 0 radical (unpaired) electrons. The number of nitrogens with one attached hydrogen (secondary N) is 1. The van der Waals surface area contributed by atoms with Gasteiger partial charge in [0.15, 0.2) is 0 Å². The Morgan fingerprint density at radius 3 is 2.27 bits per heavy atom. The van der Waals surface area contributed by atoms with Crippen molar-refractivity contribution in [1.82, 2.24) is 4.31 Å². The highest BCUT2D eigenvalue weighted by Gasteiger charge is 2.21. The van der Waals surface area contributed by atoms with Crippen LogP contribution in [0.3, 0.4) is 0 Å². The van der Waals surface area contributed by atoms with Gasteiger partial charge in [-0.25, -0.2) is 8.42 Å². The number of nitro benzene ring substituents is 1. The number of rotatable bonds is 8. The molecule has 0 fully saturated rings. The maximum Gasteiger partial charge on any atom is 0.293 e. The first-order valence-electron chi connectivity index (χ1n) is 8.06. The summed E-state index contributed by atoms with van der Waals surface area (Å²) in [6, 6.07) is 10.8. The van der Waals surface area contributed by atoms with Crippen LogP contribution in [0.5, 0.6) is 0 Å². The molecular formula is C17H20ClN3O4S. The molecule has 0 spiro atoms. The molecule has 0 aliphatic carbocycles. The molecule has 0 bridgehead atoms. The van der Waals surface area contributed by atoms with Crippen molar-refractivity contribution >= 4 is 33.0 Å². The van der Waals surface area contributed by atoms with Gasteiger partial charge in [-0.15, -0.1) is 0 Å². The third-order valence-corrected chi connectivity index (χ3v) is 6.21. The van der Waals surface area contributed by atoms with Gasteiger partial charge in [-0.1, -0.05) is 37.6 Å². The Kier molecular flexibility index (Phi) is 6.57. The minimum Gasteiger partial charge on any atom is -0.375 e.